The van der Waals surface area contributed by atoms with Crippen LogP contribution in [-0.2, 0) is 0 Å². The van der Waals surface area contributed by atoms with Gasteiger partial charge in [0.05, 0.1) is 13.3 Å². The molecular weight excluding hydrogens is 298 g/mol. The first kappa shape index (κ1) is 14.2. The first-order valence-electron chi connectivity index (χ1n) is 6.56. The Hall–Kier alpha value is -2.80. The summed E-state index contributed by atoms with van der Waals surface area (Å²) in [5.41, 5.74) is 1.53. The van der Waals surface area contributed by atoms with Crippen LogP contribution in [0.1, 0.15) is 5.56 Å². The lowest BCUT2D eigenvalue weighted by Gasteiger charge is -2.03. The van der Waals surface area contributed by atoms with E-state index in [4.69, 9.17) is 17.0 Å². The van der Waals surface area contributed by atoms with Gasteiger partial charge in [-0.25, -0.2) is 5.10 Å². The predicted molar refractivity (Wildman–Crippen MR) is 86.6 cm³/mol. The van der Waals surface area contributed by atoms with E-state index in [1.54, 1.807) is 19.5 Å². The number of ether oxygens (including phenoxy) is 1. The van der Waals surface area contributed by atoms with E-state index in [2.05, 4.69) is 20.3 Å². The van der Waals surface area contributed by atoms with Gasteiger partial charge in [0, 0.05) is 11.8 Å². The molecule has 2 heterocycles. The molecule has 0 aliphatic rings. The van der Waals surface area contributed by atoms with Gasteiger partial charge in [-0.1, -0.05) is 18.2 Å². The number of rotatable bonds is 4. The lowest BCUT2D eigenvalue weighted by atomic mass is 10.2. The molecule has 0 atom stereocenters. The van der Waals surface area contributed by atoms with E-state index in [9.17, 15) is 0 Å². The van der Waals surface area contributed by atoms with Gasteiger partial charge in [-0.05, 0) is 36.5 Å². The Bertz CT molecular complexity index is 854. The summed E-state index contributed by atoms with van der Waals surface area (Å²) >= 11 is 5.22. The highest BCUT2D eigenvalue weighted by atomic mass is 32.1. The fraction of sp³-hybridized carbons (Fsp3) is 0.0667. The third kappa shape index (κ3) is 2.79. The van der Waals surface area contributed by atoms with E-state index in [1.165, 1.54) is 4.68 Å². The lowest BCUT2D eigenvalue weighted by Crippen LogP contribution is -1.97. The maximum Gasteiger partial charge on any atom is 0.216 e. The Morgan fingerprint density at radius 2 is 2.05 bits per heavy atom. The quantitative estimate of drug-likeness (QED) is 0.594. The summed E-state index contributed by atoms with van der Waals surface area (Å²) in [6.07, 6.45) is 3.37. The molecule has 0 aliphatic carbocycles. The average Bonchev–Trinajstić information content (AvgIpc) is 2.95. The van der Waals surface area contributed by atoms with E-state index < -0.39 is 0 Å². The molecule has 6 nitrogen and oxygen atoms in total. The van der Waals surface area contributed by atoms with E-state index in [-0.39, 0.29) is 0 Å². The van der Waals surface area contributed by atoms with Crippen molar-refractivity contribution in [2.75, 3.05) is 7.11 Å². The van der Waals surface area contributed by atoms with E-state index >= 15 is 0 Å². The van der Waals surface area contributed by atoms with Crippen molar-refractivity contribution in [1.82, 2.24) is 19.9 Å². The number of aromatic amines is 1. The summed E-state index contributed by atoms with van der Waals surface area (Å²) in [5.74, 6) is 1.29. The zero-order chi connectivity index (χ0) is 15.4. The first-order valence-corrected chi connectivity index (χ1v) is 6.96. The van der Waals surface area contributed by atoms with Gasteiger partial charge in [0.15, 0.2) is 0 Å². The molecule has 0 saturated carbocycles. The number of para-hydroxylation sites is 1. The molecule has 0 spiro atoms. The molecule has 110 valence electrons. The highest BCUT2D eigenvalue weighted by molar-refractivity contribution is 7.71. The number of aromatic nitrogens is 4. The fourth-order valence-electron chi connectivity index (χ4n) is 1.95. The molecule has 0 saturated heterocycles. The van der Waals surface area contributed by atoms with Crippen LogP contribution >= 0.6 is 12.2 Å². The summed E-state index contributed by atoms with van der Waals surface area (Å²) in [6.45, 7) is 0. The highest BCUT2D eigenvalue weighted by Gasteiger charge is 2.08. The van der Waals surface area contributed by atoms with Gasteiger partial charge < -0.3 is 4.74 Å². The van der Waals surface area contributed by atoms with Crippen molar-refractivity contribution in [3.63, 3.8) is 0 Å². The minimum atomic E-state index is 0.395. The summed E-state index contributed by atoms with van der Waals surface area (Å²) in [6, 6.07) is 13.2. The first-order chi connectivity index (χ1) is 10.8. The molecule has 0 aliphatic heterocycles. The van der Waals surface area contributed by atoms with Crippen LogP contribution in [0.25, 0.3) is 11.5 Å². The number of methoxy groups -OCH3 is 1. The van der Waals surface area contributed by atoms with Crippen molar-refractivity contribution in [2.24, 2.45) is 5.10 Å². The van der Waals surface area contributed by atoms with E-state index in [1.807, 2.05) is 42.5 Å². The molecule has 22 heavy (non-hydrogen) atoms. The number of pyridine rings is 1. The van der Waals surface area contributed by atoms with Crippen LogP contribution < -0.4 is 4.74 Å². The van der Waals surface area contributed by atoms with Gasteiger partial charge >= 0.3 is 0 Å². The topological polar surface area (TPSA) is 68.1 Å². The standard InChI is InChI=1S/C15H13N5OS/c1-21-13-8-3-2-6-11(13)10-17-20-14(18-19-15(20)22)12-7-4-5-9-16-12/h2-10H,1H3,(H,19,22)/b17-10+. The number of hydrogen-bond acceptors (Lipinski definition) is 5. The Kier molecular flexibility index (Phi) is 4.06. The van der Waals surface area contributed by atoms with Crippen LogP contribution in [-0.4, -0.2) is 33.2 Å². The minimum absolute atomic E-state index is 0.395. The molecule has 2 aromatic heterocycles. The van der Waals surface area contributed by atoms with Crippen molar-refractivity contribution < 1.29 is 4.74 Å². The monoisotopic (exact) mass is 311 g/mol. The van der Waals surface area contributed by atoms with Gasteiger partial charge in [0.2, 0.25) is 10.6 Å². The number of nitrogens with one attached hydrogen (secondary N) is 1. The van der Waals surface area contributed by atoms with Crippen molar-refractivity contribution in [3.8, 4) is 17.3 Å². The second-order valence-corrected chi connectivity index (χ2v) is 4.75. The van der Waals surface area contributed by atoms with Gasteiger partial charge in [-0.3, -0.25) is 4.98 Å². The van der Waals surface area contributed by atoms with E-state index in [0.717, 1.165) is 11.3 Å². The average molecular weight is 311 g/mol. The highest BCUT2D eigenvalue weighted by Crippen LogP contribution is 2.16. The Morgan fingerprint density at radius 1 is 1.23 bits per heavy atom. The molecule has 7 heteroatoms. The molecule has 0 amide bonds. The fourth-order valence-corrected chi connectivity index (χ4v) is 2.13. The molecule has 1 N–H and O–H groups in total. The summed E-state index contributed by atoms with van der Waals surface area (Å²) in [5, 5.41) is 11.3. The Labute approximate surface area is 132 Å². The second-order valence-electron chi connectivity index (χ2n) is 4.37. The third-order valence-corrected chi connectivity index (χ3v) is 3.26. The van der Waals surface area contributed by atoms with Crippen LogP contribution in [0.15, 0.2) is 53.8 Å². The lowest BCUT2D eigenvalue weighted by molar-refractivity contribution is 0.414. The molecule has 1 aromatic carbocycles. The van der Waals surface area contributed by atoms with Crippen LogP contribution in [0.5, 0.6) is 5.75 Å². The van der Waals surface area contributed by atoms with Gasteiger partial charge in [0.25, 0.3) is 0 Å². The zero-order valence-corrected chi connectivity index (χ0v) is 12.6. The van der Waals surface area contributed by atoms with Gasteiger partial charge in [-0.2, -0.15) is 14.9 Å². The van der Waals surface area contributed by atoms with Crippen molar-refractivity contribution in [1.29, 1.82) is 0 Å². The maximum atomic E-state index is 5.30. The number of benzene rings is 1. The smallest absolute Gasteiger partial charge is 0.216 e. The Balaban J connectivity index is 2.01. The third-order valence-electron chi connectivity index (χ3n) is 3.00. The van der Waals surface area contributed by atoms with Crippen molar-refractivity contribution in [2.45, 2.75) is 0 Å². The summed E-state index contributed by atoms with van der Waals surface area (Å²) in [7, 11) is 1.62. The summed E-state index contributed by atoms with van der Waals surface area (Å²) < 4.78 is 7.23. The maximum absolute atomic E-state index is 5.30. The molecule has 0 unspecified atom stereocenters. The largest absolute Gasteiger partial charge is 0.496 e. The van der Waals surface area contributed by atoms with Crippen molar-refractivity contribution >= 4 is 18.4 Å². The SMILES string of the molecule is COc1ccccc1/C=N/n1c(-c2ccccn2)n[nH]c1=S. The van der Waals surface area contributed by atoms with Crippen LogP contribution in [0.3, 0.4) is 0 Å². The molecular formula is C15H13N5OS. The van der Waals surface area contributed by atoms with Crippen LogP contribution in [0.2, 0.25) is 0 Å². The predicted octanol–water partition coefficient (Wildman–Crippen LogP) is 2.89. The number of hydrogen-bond donors (Lipinski definition) is 1. The molecule has 3 aromatic rings. The normalized spacial score (nSPS) is 11.0. The van der Waals surface area contributed by atoms with Crippen LogP contribution in [0, 0.1) is 4.77 Å². The van der Waals surface area contributed by atoms with Gasteiger partial charge in [-0.15, -0.1) is 0 Å². The molecule has 0 fully saturated rings. The number of H-pyrrole nitrogens is 1. The summed E-state index contributed by atoms with van der Waals surface area (Å²) in [4.78, 5) is 4.26. The second kappa shape index (κ2) is 6.31. The van der Waals surface area contributed by atoms with Gasteiger partial charge in [0.1, 0.15) is 11.4 Å². The minimum Gasteiger partial charge on any atom is -0.496 e. The van der Waals surface area contributed by atoms with E-state index in [0.29, 0.717) is 16.3 Å². The van der Waals surface area contributed by atoms with Crippen LogP contribution in [0.4, 0.5) is 0 Å². The Morgan fingerprint density at radius 3 is 2.82 bits per heavy atom. The number of nitrogens with zero attached hydrogens (tertiary/aromatic N) is 4. The zero-order valence-electron chi connectivity index (χ0n) is 11.8. The molecule has 0 radical (unpaired) electrons. The van der Waals surface area contributed by atoms with Crippen molar-refractivity contribution in [3.05, 3.63) is 59.0 Å². The molecule has 0 bridgehead atoms. The molecule has 3 rings (SSSR count).